The first-order valence-corrected chi connectivity index (χ1v) is 14.3. The van der Waals surface area contributed by atoms with Crippen molar-refractivity contribution in [3.05, 3.63) is 57.0 Å². The minimum Gasteiger partial charge on any atom is -0.496 e. The number of amides is 1. The number of alkyl carbamates (subject to hydrolysis) is 1. The number of aromatic nitrogens is 5. The molecule has 4 heterocycles. The third-order valence-corrected chi connectivity index (χ3v) is 7.47. The number of piperidine rings is 1. The number of ether oxygens (including phenoxy) is 2. The van der Waals surface area contributed by atoms with E-state index >= 15 is 0 Å². The van der Waals surface area contributed by atoms with Gasteiger partial charge in [-0.1, -0.05) is 12.0 Å². The molecule has 3 aromatic heterocycles. The van der Waals surface area contributed by atoms with E-state index in [4.69, 9.17) is 14.5 Å². The molecule has 0 aliphatic carbocycles. The molecule has 1 saturated heterocycles. The molecule has 226 valence electrons. The predicted octanol–water partition coefficient (Wildman–Crippen LogP) is 3.02. The molecule has 1 N–H and O–H groups in total. The van der Waals surface area contributed by atoms with Crippen molar-refractivity contribution in [2.75, 3.05) is 25.1 Å². The number of benzene rings is 1. The van der Waals surface area contributed by atoms with Crippen LogP contribution in [0.15, 0.2) is 40.2 Å². The fraction of sp³-hybridized carbons (Fsp3) is 0.452. The smallest absolute Gasteiger partial charge is 0.407 e. The number of nitrogens with zero attached hydrogens (tertiary/aromatic N) is 6. The SMILES string of the molecule is CC#CCn1c(N2CCCC(NC(=O)OC(C)(C)C)C2)nc2c1c(=O)n(Cc1ccc(OC)c3ccncc13)c(=O)n2C. The number of hydrogen-bond acceptors (Lipinski definition) is 8. The lowest BCUT2D eigenvalue weighted by Crippen LogP contribution is -2.49. The molecule has 4 aromatic rings. The van der Waals surface area contributed by atoms with Gasteiger partial charge in [-0.3, -0.25) is 23.5 Å². The third-order valence-electron chi connectivity index (χ3n) is 7.47. The second-order valence-corrected chi connectivity index (χ2v) is 11.6. The largest absolute Gasteiger partial charge is 0.496 e. The van der Waals surface area contributed by atoms with Gasteiger partial charge in [0.15, 0.2) is 11.2 Å². The predicted molar refractivity (Wildman–Crippen MR) is 165 cm³/mol. The fourth-order valence-corrected chi connectivity index (χ4v) is 5.51. The molecule has 0 radical (unpaired) electrons. The van der Waals surface area contributed by atoms with Crippen molar-refractivity contribution < 1.29 is 14.3 Å². The van der Waals surface area contributed by atoms with Gasteiger partial charge < -0.3 is 19.7 Å². The Morgan fingerprint density at radius 1 is 1.16 bits per heavy atom. The molecule has 1 atom stereocenters. The Morgan fingerprint density at radius 3 is 2.67 bits per heavy atom. The van der Waals surface area contributed by atoms with E-state index in [1.165, 1.54) is 9.13 Å². The van der Waals surface area contributed by atoms with Crippen molar-refractivity contribution >= 4 is 34.0 Å². The molecule has 1 fully saturated rings. The summed E-state index contributed by atoms with van der Waals surface area (Å²) in [6, 6.07) is 5.33. The summed E-state index contributed by atoms with van der Waals surface area (Å²) >= 11 is 0. The Balaban J connectivity index is 1.57. The highest BCUT2D eigenvalue weighted by atomic mass is 16.6. The topological polar surface area (TPSA) is 126 Å². The van der Waals surface area contributed by atoms with Gasteiger partial charge in [0.2, 0.25) is 5.95 Å². The zero-order valence-corrected chi connectivity index (χ0v) is 25.4. The van der Waals surface area contributed by atoms with Gasteiger partial charge in [0.25, 0.3) is 5.56 Å². The van der Waals surface area contributed by atoms with Crippen LogP contribution in [0, 0.1) is 11.8 Å². The van der Waals surface area contributed by atoms with Gasteiger partial charge >= 0.3 is 11.8 Å². The van der Waals surface area contributed by atoms with Crippen LogP contribution in [-0.2, 0) is 24.9 Å². The summed E-state index contributed by atoms with van der Waals surface area (Å²) in [5, 5.41) is 4.59. The van der Waals surface area contributed by atoms with E-state index in [1.807, 2.05) is 43.9 Å². The molecular weight excluding hydrogens is 550 g/mol. The van der Waals surface area contributed by atoms with Crippen LogP contribution in [0.4, 0.5) is 10.7 Å². The van der Waals surface area contributed by atoms with Crippen molar-refractivity contribution in [2.45, 2.75) is 65.3 Å². The molecule has 1 amide bonds. The molecule has 1 aromatic carbocycles. The van der Waals surface area contributed by atoms with Gasteiger partial charge in [-0.2, -0.15) is 4.98 Å². The summed E-state index contributed by atoms with van der Waals surface area (Å²) in [6.45, 7) is 8.59. The van der Waals surface area contributed by atoms with E-state index in [-0.39, 0.29) is 30.3 Å². The van der Waals surface area contributed by atoms with Crippen LogP contribution >= 0.6 is 0 Å². The van der Waals surface area contributed by atoms with E-state index in [1.54, 1.807) is 38.0 Å². The molecule has 12 heteroatoms. The maximum absolute atomic E-state index is 14.1. The minimum atomic E-state index is -0.607. The molecule has 5 rings (SSSR count). The highest BCUT2D eigenvalue weighted by Crippen LogP contribution is 2.28. The van der Waals surface area contributed by atoms with Crippen LogP contribution < -0.4 is 26.2 Å². The van der Waals surface area contributed by atoms with Crippen molar-refractivity contribution in [3.63, 3.8) is 0 Å². The molecule has 1 aliphatic heterocycles. The lowest BCUT2D eigenvalue weighted by Gasteiger charge is -2.34. The summed E-state index contributed by atoms with van der Waals surface area (Å²) < 4.78 is 15.3. The zero-order chi connectivity index (χ0) is 30.9. The van der Waals surface area contributed by atoms with E-state index in [9.17, 15) is 14.4 Å². The maximum Gasteiger partial charge on any atom is 0.407 e. The first kappa shape index (κ1) is 29.7. The summed E-state index contributed by atoms with van der Waals surface area (Å²) in [7, 11) is 3.21. The van der Waals surface area contributed by atoms with Gasteiger partial charge in [0.05, 0.1) is 20.2 Å². The van der Waals surface area contributed by atoms with Crippen LogP contribution in [0.25, 0.3) is 21.9 Å². The number of methoxy groups -OCH3 is 1. The molecule has 0 spiro atoms. The minimum absolute atomic E-state index is 0.0409. The monoisotopic (exact) mass is 587 g/mol. The van der Waals surface area contributed by atoms with Gasteiger partial charge in [-0.15, -0.1) is 5.92 Å². The number of carbonyl (C=O) groups is 1. The standard InChI is InChI=1S/C31H37N7O5/c1-7-8-16-37-25-26(34-28(37)36-15-9-10-21(19-36)33-29(40)43-31(2,3)4)35(5)30(41)38(27(25)39)18-20-11-12-24(42-6)22-13-14-32-17-23(20)22/h11-14,17,21H,9-10,15-16,18-19H2,1-6H3,(H,33,40). The lowest BCUT2D eigenvalue weighted by atomic mass is 10.1. The quantitative estimate of drug-likeness (QED) is 0.342. The van der Waals surface area contributed by atoms with E-state index in [0.29, 0.717) is 24.8 Å². The van der Waals surface area contributed by atoms with Gasteiger partial charge in [0, 0.05) is 49.3 Å². The van der Waals surface area contributed by atoms with Gasteiger partial charge in [0.1, 0.15) is 11.4 Å². The molecule has 12 nitrogen and oxygen atoms in total. The number of nitrogens with one attached hydrogen (secondary N) is 1. The Hall–Kier alpha value is -4.79. The number of fused-ring (bicyclic) bond motifs is 2. The Labute approximate surface area is 249 Å². The van der Waals surface area contributed by atoms with Crippen LogP contribution in [0.5, 0.6) is 5.75 Å². The molecule has 0 saturated carbocycles. The van der Waals surface area contributed by atoms with E-state index in [0.717, 1.165) is 29.2 Å². The lowest BCUT2D eigenvalue weighted by molar-refractivity contribution is 0.0499. The Bertz CT molecular complexity index is 1870. The number of aryl methyl sites for hydroxylation is 1. The molecule has 0 bridgehead atoms. The first-order chi connectivity index (χ1) is 20.5. The Morgan fingerprint density at radius 2 is 1.95 bits per heavy atom. The summed E-state index contributed by atoms with van der Waals surface area (Å²) in [4.78, 5) is 51.2. The summed E-state index contributed by atoms with van der Waals surface area (Å²) in [5.41, 5.74) is -0.214. The van der Waals surface area contributed by atoms with Crippen molar-refractivity contribution in [2.24, 2.45) is 7.05 Å². The number of hydrogen-bond donors (Lipinski definition) is 1. The number of anilines is 1. The van der Waals surface area contributed by atoms with Crippen LogP contribution in [0.2, 0.25) is 0 Å². The normalized spacial score (nSPS) is 15.3. The van der Waals surface area contributed by atoms with Crippen molar-refractivity contribution in [1.82, 2.24) is 29.0 Å². The van der Waals surface area contributed by atoms with Crippen LogP contribution in [0.1, 0.15) is 46.1 Å². The first-order valence-electron chi connectivity index (χ1n) is 14.3. The second-order valence-electron chi connectivity index (χ2n) is 11.6. The van der Waals surface area contributed by atoms with E-state index < -0.39 is 22.9 Å². The van der Waals surface area contributed by atoms with Crippen LogP contribution in [0.3, 0.4) is 0 Å². The Kier molecular flexibility index (Phi) is 8.17. The highest BCUT2D eigenvalue weighted by molar-refractivity contribution is 5.90. The molecular formula is C31H37N7O5. The number of pyridine rings is 1. The number of carbonyl (C=O) groups excluding carboxylic acids is 1. The highest BCUT2D eigenvalue weighted by Gasteiger charge is 2.29. The fourth-order valence-electron chi connectivity index (χ4n) is 5.51. The average molecular weight is 588 g/mol. The summed E-state index contributed by atoms with van der Waals surface area (Å²) in [6.07, 6.45) is 4.48. The third kappa shape index (κ3) is 5.93. The van der Waals surface area contributed by atoms with Gasteiger partial charge in [-0.25, -0.2) is 9.59 Å². The van der Waals surface area contributed by atoms with Crippen molar-refractivity contribution in [3.8, 4) is 17.6 Å². The van der Waals surface area contributed by atoms with Crippen molar-refractivity contribution in [1.29, 1.82) is 0 Å². The average Bonchev–Trinajstić information content (AvgIpc) is 3.36. The molecule has 1 aliphatic rings. The maximum atomic E-state index is 14.1. The van der Waals surface area contributed by atoms with Gasteiger partial charge in [-0.05, 0) is 58.2 Å². The molecule has 1 unspecified atom stereocenters. The molecule has 43 heavy (non-hydrogen) atoms. The van der Waals surface area contributed by atoms with Crippen LogP contribution in [-0.4, -0.2) is 61.6 Å². The summed E-state index contributed by atoms with van der Waals surface area (Å²) in [5.74, 6) is 7.16. The second kappa shape index (κ2) is 11.8. The number of rotatable bonds is 6. The van der Waals surface area contributed by atoms with E-state index in [2.05, 4.69) is 22.1 Å². The zero-order valence-electron chi connectivity index (χ0n) is 25.4. The number of imidazole rings is 1.